The zero-order chi connectivity index (χ0) is 15.2. The lowest BCUT2D eigenvalue weighted by molar-refractivity contribution is -0.384. The van der Waals surface area contributed by atoms with Crippen molar-refractivity contribution in [2.45, 2.75) is 0 Å². The van der Waals surface area contributed by atoms with Crippen LogP contribution < -0.4 is 15.4 Å². The lowest BCUT2D eigenvalue weighted by Crippen LogP contribution is -2.19. The Hall–Kier alpha value is -2.67. The summed E-state index contributed by atoms with van der Waals surface area (Å²) < 4.78 is 4.98. The number of nitro groups is 1. The minimum atomic E-state index is -0.490. The summed E-state index contributed by atoms with van der Waals surface area (Å²) in [7, 11) is 1.45. The molecule has 0 saturated heterocycles. The fourth-order valence-corrected chi connectivity index (χ4v) is 1.93. The summed E-state index contributed by atoms with van der Waals surface area (Å²) in [4.78, 5) is 10.6. The molecule has 6 nitrogen and oxygen atoms in total. The fraction of sp³-hybridized carbons (Fsp3) is 0.0714. The van der Waals surface area contributed by atoms with Crippen LogP contribution >= 0.6 is 12.2 Å². The van der Waals surface area contributed by atoms with Crippen molar-refractivity contribution in [3.8, 4) is 5.75 Å². The summed E-state index contributed by atoms with van der Waals surface area (Å²) in [5.74, 6) is 0.411. The summed E-state index contributed by atoms with van der Waals surface area (Å²) >= 11 is 5.15. The van der Waals surface area contributed by atoms with E-state index >= 15 is 0 Å². The molecule has 7 heteroatoms. The van der Waals surface area contributed by atoms with Crippen molar-refractivity contribution in [1.29, 1.82) is 0 Å². The van der Waals surface area contributed by atoms with E-state index in [1.54, 1.807) is 12.1 Å². The standard InChI is InChI=1S/C14H13N3O3S/c1-20-11-7-8-12(13(9-11)17(18)19)16-14(21)15-10-5-3-2-4-6-10/h2-9H,1H3,(H2,15,16,21). The van der Waals surface area contributed by atoms with Crippen LogP contribution in [0.1, 0.15) is 0 Å². The van der Waals surface area contributed by atoms with E-state index in [0.29, 0.717) is 11.4 Å². The van der Waals surface area contributed by atoms with Crippen molar-refractivity contribution >= 4 is 34.4 Å². The molecule has 2 N–H and O–H groups in total. The SMILES string of the molecule is COc1ccc(NC(=S)Nc2ccccc2)c([N+](=O)[O-])c1. The van der Waals surface area contributed by atoms with Gasteiger partial charge in [-0.05, 0) is 36.5 Å². The third-order valence-corrected chi connectivity index (χ3v) is 2.89. The second kappa shape index (κ2) is 6.67. The lowest BCUT2D eigenvalue weighted by atomic mass is 10.2. The first-order valence-electron chi connectivity index (χ1n) is 6.05. The quantitative estimate of drug-likeness (QED) is 0.512. The van der Waals surface area contributed by atoms with Crippen molar-refractivity contribution in [2.24, 2.45) is 0 Å². The zero-order valence-electron chi connectivity index (χ0n) is 11.2. The molecule has 0 radical (unpaired) electrons. The Morgan fingerprint density at radius 1 is 1.19 bits per heavy atom. The molecular formula is C14H13N3O3S. The first-order valence-corrected chi connectivity index (χ1v) is 6.46. The molecule has 0 aliphatic heterocycles. The number of anilines is 2. The van der Waals surface area contributed by atoms with Gasteiger partial charge in [0.25, 0.3) is 5.69 Å². The van der Waals surface area contributed by atoms with E-state index in [2.05, 4.69) is 10.6 Å². The molecule has 0 heterocycles. The van der Waals surface area contributed by atoms with Crippen LogP contribution in [0, 0.1) is 10.1 Å². The zero-order valence-corrected chi connectivity index (χ0v) is 12.0. The second-order valence-electron chi connectivity index (χ2n) is 4.09. The molecule has 0 spiro atoms. The third-order valence-electron chi connectivity index (χ3n) is 2.68. The van der Waals surface area contributed by atoms with E-state index in [4.69, 9.17) is 17.0 Å². The Balaban J connectivity index is 2.15. The summed E-state index contributed by atoms with van der Waals surface area (Å²) in [6, 6.07) is 13.8. The van der Waals surface area contributed by atoms with E-state index < -0.39 is 4.92 Å². The largest absolute Gasteiger partial charge is 0.496 e. The predicted octanol–water partition coefficient (Wildman–Crippen LogP) is 3.41. The van der Waals surface area contributed by atoms with Crippen molar-refractivity contribution in [3.63, 3.8) is 0 Å². The predicted molar refractivity (Wildman–Crippen MR) is 85.9 cm³/mol. The number of thiocarbonyl (C=S) groups is 1. The smallest absolute Gasteiger partial charge is 0.296 e. The molecule has 0 amide bonds. The van der Waals surface area contributed by atoms with Gasteiger partial charge in [0.1, 0.15) is 11.4 Å². The van der Waals surface area contributed by atoms with Crippen LogP contribution in [0.4, 0.5) is 17.1 Å². The molecule has 2 aromatic rings. The van der Waals surface area contributed by atoms with Gasteiger partial charge in [-0.3, -0.25) is 10.1 Å². The van der Waals surface area contributed by atoms with E-state index in [9.17, 15) is 10.1 Å². The molecule has 0 unspecified atom stereocenters. The second-order valence-corrected chi connectivity index (χ2v) is 4.49. The summed E-state index contributed by atoms with van der Waals surface area (Å²) in [6.07, 6.45) is 0. The maximum Gasteiger partial charge on any atom is 0.296 e. The number of hydrogen-bond acceptors (Lipinski definition) is 4. The topological polar surface area (TPSA) is 76.4 Å². The number of nitro benzene ring substituents is 1. The average Bonchev–Trinajstić information content (AvgIpc) is 2.48. The van der Waals surface area contributed by atoms with Gasteiger partial charge in [-0.2, -0.15) is 0 Å². The van der Waals surface area contributed by atoms with Crippen molar-refractivity contribution < 1.29 is 9.66 Å². The van der Waals surface area contributed by atoms with Crippen LogP contribution in [0.25, 0.3) is 0 Å². The van der Waals surface area contributed by atoms with Gasteiger partial charge < -0.3 is 15.4 Å². The van der Waals surface area contributed by atoms with Gasteiger partial charge in [0.15, 0.2) is 5.11 Å². The highest BCUT2D eigenvalue weighted by Gasteiger charge is 2.16. The maximum absolute atomic E-state index is 11.1. The molecular weight excluding hydrogens is 290 g/mol. The highest BCUT2D eigenvalue weighted by molar-refractivity contribution is 7.80. The van der Waals surface area contributed by atoms with E-state index in [1.165, 1.54) is 13.2 Å². The molecule has 0 aliphatic carbocycles. The molecule has 0 saturated carbocycles. The third kappa shape index (κ3) is 3.90. The molecule has 0 aliphatic rings. The van der Waals surface area contributed by atoms with Gasteiger partial charge in [-0.15, -0.1) is 0 Å². The Morgan fingerprint density at radius 3 is 2.52 bits per heavy atom. The van der Waals surface area contributed by atoms with Gasteiger partial charge in [0.05, 0.1) is 18.1 Å². The van der Waals surface area contributed by atoms with Crippen LogP contribution in [0.3, 0.4) is 0 Å². The number of methoxy groups -OCH3 is 1. The number of para-hydroxylation sites is 1. The Bertz CT molecular complexity index is 662. The molecule has 0 atom stereocenters. The van der Waals surface area contributed by atoms with Crippen molar-refractivity contribution in [1.82, 2.24) is 0 Å². The minimum absolute atomic E-state index is 0.105. The average molecular weight is 303 g/mol. The Morgan fingerprint density at radius 2 is 1.90 bits per heavy atom. The van der Waals surface area contributed by atoms with E-state index in [-0.39, 0.29) is 10.8 Å². The van der Waals surface area contributed by atoms with Gasteiger partial charge in [-0.1, -0.05) is 18.2 Å². The Kier molecular flexibility index (Phi) is 4.68. The number of benzene rings is 2. The Labute approximate surface area is 126 Å². The highest BCUT2D eigenvalue weighted by atomic mass is 32.1. The highest BCUT2D eigenvalue weighted by Crippen LogP contribution is 2.29. The normalized spacial score (nSPS) is 9.76. The number of hydrogen-bond donors (Lipinski definition) is 2. The molecule has 108 valence electrons. The van der Waals surface area contributed by atoms with Crippen LogP contribution in [-0.4, -0.2) is 17.1 Å². The van der Waals surface area contributed by atoms with Gasteiger partial charge >= 0.3 is 0 Å². The van der Waals surface area contributed by atoms with Crippen LogP contribution in [-0.2, 0) is 0 Å². The van der Waals surface area contributed by atoms with Crippen LogP contribution in [0.2, 0.25) is 0 Å². The number of ether oxygens (including phenoxy) is 1. The molecule has 0 fully saturated rings. The molecule has 2 rings (SSSR count). The van der Waals surface area contributed by atoms with Crippen molar-refractivity contribution in [2.75, 3.05) is 17.7 Å². The number of nitrogens with zero attached hydrogens (tertiary/aromatic N) is 1. The first kappa shape index (κ1) is 14.7. The van der Waals surface area contributed by atoms with E-state index in [1.807, 2.05) is 30.3 Å². The number of nitrogens with one attached hydrogen (secondary N) is 2. The summed E-state index contributed by atoms with van der Waals surface area (Å²) in [5.41, 5.74) is 0.993. The van der Waals surface area contributed by atoms with Gasteiger partial charge in [-0.25, -0.2) is 0 Å². The van der Waals surface area contributed by atoms with Gasteiger partial charge in [0, 0.05) is 5.69 Å². The molecule has 21 heavy (non-hydrogen) atoms. The van der Waals surface area contributed by atoms with Gasteiger partial charge in [0.2, 0.25) is 0 Å². The monoisotopic (exact) mass is 303 g/mol. The molecule has 0 aromatic heterocycles. The fourth-order valence-electron chi connectivity index (χ4n) is 1.70. The minimum Gasteiger partial charge on any atom is -0.496 e. The molecule has 0 bridgehead atoms. The summed E-state index contributed by atoms with van der Waals surface area (Å²) in [5, 5.41) is 17.1. The summed E-state index contributed by atoms with van der Waals surface area (Å²) in [6.45, 7) is 0. The first-order chi connectivity index (χ1) is 10.1. The van der Waals surface area contributed by atoms with E-state index in [0.717, 1.165) is 5.69 Å². The molecule has 2 aromatic carbocycles. The van der Waals surface area contributed by atoms with Crippen molar-refractivity contribution in [3.05, 3.63) is 58.6 Å². The maximum atomic E-state index is 11.1. The van der Waals surface area contributed by atoms with Crippen LogP contribution in [0.5, 0.6) is 5.75 Å². The van der Waals surface area contributed by atoms with Crippen LogP contribution in [0.15, 0.2) is 48.5 Å². The lowest BCUT2D eigenvalue weighted by Gasteiger charge is -2.11. The number of rotatable bonds is 4.